The fourth-order valence-electron chi connectivity index (χ4n) is 1.68. The van der Waals surface area contributed by atoms with Crippen LogP contribution >= 0.6 is 15.9 Å². The molecule has 1 heterocycles. The van der Waals surface area contributed by atoms with E-state index in [0.717, 1.165) is 15.7 Å². The topological polar surface area (TPSA) is 42.0 Å². The van der Waals surface area contributed by atoms with Crippen molar-refractivity contribution in [2.75, 3.05) is 5.32 Å². The molecule has 2 aromatic rings. The van der Waals surface area contributed by atoms with Crippen molar-refractivity contribution in [1.29, 1.82) is 0 Å². The molecule has 18 heavy (non-hydrogen) atoms. The number of carbonyl (C=O) groups is 1. The zero-order chi connectivity index (χ0) is 13.1. The van der Waals surface area contributed by atoms with Gasteiger partial charge >= 0.3 is 0 Å². The number of amides is 1. The van der Waals surface area contributed by atoms with Gasteiger partial charge in [0.15, 0.2) is 0 Å². The van der Waals surface area contributed by atoms with E-state index in [1.54, 1.807) is 12.1 Å². The van der Waals surface area contributed by atoms with Gasteiger partial charge in [-0.1, -0.05) is 22.0 Å². The fraction of sp³-hybridized carbons (Fsp3) is 0.143. The molecule has 2 rings (SSSR count). The van der Waals surface area contributed by atoms with Gasteiger partial charge in [-0.3, -0.25) is 4.79 Å². The molecule has 3 nitrogen and oxygen atoms in total. The van der Waals surface area contributed by atoms with Crippen LogP contribution in [-0.2, 0) is 0 Å². The first-order valence-electron chi connectivity index (χ1n) is 5.57. The second-order valence-electron chi connectivity index (χ2n) is 4.08. The first kappa shape index (κ1) is 12.8. The molecule has 1 amide bonds. The number of nitrogens with one attached hydrogen (secondary N) is 1. The number of aromatic nitrogens is 1. The van der Waals surface area contributed by atoms with Crippen LogP contribution in [0.3, 0.4) is 0 Å². The number of nitrogens with zero attached hydrogens (tertiary/aromatic N) is 1. The molecule has 4 heteroatoms. The molecule has 1 aromatic carbocycles. The predicted octanol–water partition coefficient (Wildman–Crippen LogP) is 3.71. The summed E-state index contributed by atoms with van der Waals surface area (Å²) in [7, 11) is 0. The third-order valence-electron chi connectivity index (χ3n) is 2.56. The van der Waals surface area contributed by atoms with Crippen molar-refractivity contribution in [1.82, 2.24) is 4.98 Å². The number of benzene rings is 1. The molecule has 0 aliphatic heterocycles. The molecule has 1 N–H and O–H groups in total. The van der Waals surface area contributed by atoms with Gasteiger partial charge in [0, 0.05) is 15.7 Å². The lowest BCUT2D eigenvalue weighted by atomic mass is 10.1. The minimum absolute atomic E-state index is 0.141. The van der Waals surface area contributed by atoms with Crippen LogP contribution < -0.4 is 5.32 Å². The van der Waals surface area contributed by atoms with Gasteiger partial charge in [-0.2, -0.15) is 0 Å². The average Bonchev–Trinajstić information content (AvgIpc) is 2.28. The van der Waals surface area contributed by atoms with Crippen LogP contribution in [0, 0.1) is 13.8 Å². The van der Waals surface area contributed by atoms with E-state index in [-0.39, 0.29) is 5.91 Å². The summed E-state index contributed by atoms with van der Waals surface area (Å²) in [6.45, 7) is 3.80. The Labute approximate surface area is 114 Å². The lowest BCUT2D eigenvalue weighted by Crippen LogP contribution is -2.14. The van der Waals surface area contributed by atoms with Crippen LogP contribution in [0.5, 0.6) is 0 Å². The highest BCUT2D eigenvalue weighted by Gasteiger charge is 2.09. The Balaban J connectivity index is 2.22. The van der Waals surface area contributed by atoms with E-state index in [1.165, 1.54) is 0 Å². The summed E-state index contributed by atoms with van der Waals surface area (Å²) in [5.41, 5.74) is 2.45. The van der Waals surface area contributed by atoms with Crippen LogP contribution in [0.4, 0.5) is 5.82 Å². The van der Waals surface area contributed by atoms with Gasteiger partial charge in [0.1, 0.15) is 5.82 Å². The van der Waals surface area contributed by atoms with E-state index >= 15 is 0 Å². The van der Waals surface area contributed by atoms with Crippen LogP contribution in [0.15, 0.2) is 40.9 Å². The molecule has 0 fully saturated rings. The fourth-order valence-corrected chi connectivity index (χ4v) is 2.15. The molecule has 1 aromatic heterocycles. The molecule has 0 unspecified atom stereocenters. The quantitative estimate of drug-likeness (QED) is 0.919. The van der Waals surface area contributed by atoms with Crippen LogP contribution in [0.1, 0.15) is 21.6 Å². The first-order valence-corrected chi connectivity index (χ1v) is 6.37. The lowest BCUT2D eigenvalue weighted by Gasteiger charge is -2.07. The number of pyridine rings is 1. The largest absolute Gasteiger partial charge is 0.307 e. The molecular formula is C14H13BrN2O. The predicted molar refractivity (Wildman–Crippen MR) is 75.8 cm³/mol. The third kappa shape index (κ3) is 2.96. The molecule has 0 aliphatic carbocycles. The smallest absolute Gasteiger partial charge is 0.257 e. The zero-order valence-electron chi connectivity index (χ0n) is 10.2. The Morgan fingerprint density at radius 1 is 1.22 bits per heavy atom. The highest BCUT2D eigenvalue weighted by atomic mass is 79.9. The van der Waals surface area contributed by atoms with Crippen LogP contribution in [0.25, 0.3) is 0 Å². The zero-order valence-corrected chi connectivity index (χ0v) is 11.8. The van der Waals surface area contributed by atoms with Gasteiger partial charge in [-0.05, 0) is 49.7 Å². The monoisotopic (exact) mass is 304 g/mol. The van der Waals surface area contributed by atoms with E-state index in [2.05, 4.69) is 26.2 Å². The molecule has 0 atom stereocenters. The minimum Gasteiger partial charge on any atom is -0.307 e. The lowest BCUT2D eigenvalue weighted by molar-refractivity contribution is 0.102. The normalized spacial score (nSPS) is 10.2. The number of hydrogen-bond donors (Lipinski definition) is 1. The summed E-state index contributed by atoms with van der Waals surface area (Å²) >= 11 is 3.38. The number of aryl methyl sites for hydroxylation is 2. The second kappa shape index (κ2) is 5.31. The summed E-state index contributed by atoms with van der Waals surface area (Å²) in [5, 5.41) is 2.79. The van der Waals surface area contributed by atoms with Gasteiger partial charge < -0.3 is 5.32 Å². The Hall–Kier alpha value is -1.68. The van der Waals surface area contributed by atoms with Gasteiger partial charge in [-0.25, -0.2) is 4.98 Å². The molecule has 92 valence electrons. The van der Waals surface area contributed by atoms with Crippen molar-refractivity contribution in [2.45, 2.75) is 13.8 Å². The van der Waals surface area contributed by atoms with Crippen molar-refractivity contribution < 1.29 is 4.79 Å². The van der Waals surface area contributed by atoms with Crippen molar-refractivity contribution in [3.63, 3.8) is 0 Å². The maximum atomic E-state index is 12.1. The van der Waals surface area contributed by atoms with Gasteiger partial charge in [0.05, 0.1) is 0 Å². The Kier molecular flexibility index (Phi) is 3.77. The number of rotatable bonds is 2. The van der Waals surface area contributed by atoms with Crippen molar-refractivity contribution in [3.8, 4) is 0 Å². The maximum absolute atomic E-state index is 12.1. The van der Waals surface area contributed by atoms with E-state index < -0.39 is 0 Å². The van der Waals surface area contributed by atoms with Crippen LogP contribution in [-0.4, -0.2) is 10.9 Å². The SMILES string of the molecule is Cc1cccc(NC(=O)c2ccc(Br)cc2C)n1. The van der Waals surface area contributed by atoms with Gasteiger partial charge in [0.25, 0.3) is 5.91 Å². The molecule has 0 spiro atoms. The summed E-state index contributed by atoms with van der Waals surface area (Å²) in [6, 6.07) is 11.1. The van der Waals surface area contributed by atoms with Gasteiger partial charge in [-0.15, -0.1) is 0 Å². The van der Waals surface area contributed by atoms with Gasteiger partial charge in [0.2, 0.25) is 0 Å². The maximum Gasteiger partial charge on any atom is 0.257 e. The minimum atomic E-state index is -0.141. The molecule has 0 aliphatic rings. The summed E-state index contributed by atoms with van der Waals surface area (Å²) in [5.74, 6) is 0.431. The highest BCUT2D eigenvalue weighted by molar-refractivity contribution is 9.10. The first-order chi connectivity index (χ1) is 8.56. The van der Waals surface area contributed by atoms with E-state index in [9.17, 15) is 4.79 Å². The molecule has 0 radical (unpaired) electrons. The number of halogens is 1. The molecular weight excluding hydrogens is 292 g/mol. The summed E-state index contributed by atoms with van der Waals surface area (Å²) in [6.07, 6.45) is 0. The standard InChI is InChI=1S/C14H13BrN2O/c1-9-8-11(15)6-7-12(9)14(18)17-13-5-3-4-10(2)16-13/h3-8H,1-2H3,(H,16,17,18). The van der Waals surface area contributed by atoms with E-state index in [0.29, 0.717) is 11.4 Å². The summed E-state index contributed by atoms with van der Waals surface area (Å²) < 4.78 is 0.963. The van der Waals surface area contributed by atoms with Crippen molar-refractivity contribution >= 4 is 27.7 Å². The second-order valence-corrected chi connectivity index (χ2v) is 4.99. The number of carbonyl (C=O) groups excluding carboxylic acids is 1. The summed E-state index contributed by atoms with van der Waals surface area (Å²) in [4.78, 5) is 16.3. The average molecular weight is 305 g/mol. The third-order valence-corrected chi connectivity index (χ3v) is 3.06. The Morgan fingerprint density at radius 2 is 2.00 bits per heavy atom. The Morgan fingerprint density at radius 3 is 2.67 bits per heavy atom. The molecule has 0 bridgehead atoms. The number of hydrogen-bond acceptors (Lipinski definition) is 2. The molecule has 0 saturated carbocycles. The van der Waals surface area contributed by atoms with Crippen molar-refractivity contribution in [3.05, 3.63) is 57.7 Å². The van der Waals surface area contributed by atoms with Crippen LogP contribution in [0.2, 0.25) is 0 Å². The number of anilines is 1. The van der Waals surface area contributed by atoms with Crippen molar-refractivity contribution in [2.24, 2.45) is 0 Å². The van der Waals surface area contributed by atoms with E-state index in [1.807, 2.05) is 38.1 Å². The Bertz CT molecular complexity index is 596. The molecule has 0 saturated heterocycles. The van der Waals surface area contributed by atoms with E-state index in [4.69, 9.17) is 0 Å². The highest BCUT2D eigenvalue weighted by Crippen LogP contribution is 2.17.